The molecule has 0 N–H and O–H groups in total. The van der Waals surface area contributed by atoms with Crippen molar-refractivity contribution in [2.45, 2.75) is 84.5 Å². The van der Waals surface area contributed by atoms with Crippen LogP contribution in [0.3, 0.4) is 0 Å². The summed E-state index contributed by atoms with van der Waals surface area (Å²) < 4.78 is 3.22. The van der Waals surface area contributed by atoms with E-state index in [1.807, 2.05) is 0 Å². The molecule has 1 aromatic heterocycles. The first-order valence-corrected chi connectivity index (χ1v) is 12.5. The molecule has 0 bridgehead atoms. The minimum atomic E-state index is 0.557. The molecule has 138 valence electrons. The summed E-state index contributed by atoms with van der Waals surface area (Å²) in [5, 5.41) is 0. The molecule has 0 spiro atoms. The van der Waals surface area contributed by atoms with Gasteiger partial charge in [0, 0.05) is 0 Å². The Balaban J connectivity index is 1.51. The van der Waals surface area contributed by atoms with Crippen LogP contribution in [0.1, 0.15) is 93.4 Å². The van der Waals surface area contributed by atoms with Gasteiger partial charge in [0.15, 0.2) is 0 Å². The molecule has 0 radical (unpaired) electrons. The van der Waals surface area contributed by atoms with E-state index in [-0.39, 0.29) is 0 Å². The second-order valence-electron chi connectivity index (χ2n) is 8.23. The third-order valence-corrected chi connectivity index (χ3v) is 8.75. The fraction of sp³-hybridized carbons (Fsp3) is 0.667. The van der Waals surface area contributed by atoms with Crippen molar-refractivity contribution >= 4 is 26.2 Å². The molecule has 2 aliphatic rings. The summed E-state index contributed by atoms with van der Waals surface area (Å²) in [5.74, 6) is 3.06. The predicted molar refractivity (Wildman–Crippen MR) is 113 cm³/mol. The normalized spacial score (nSPS) is 27.6. The topological polar surface area (TPSA) is 0 Å². The molecule has 0 amide bonds. The van der Waals surface area contributed by atoms with E-state index < -0.39 is 0 Å². The number of unbranched alkanes of at least 4 members (excludes halogenated alkanes) is 1. The van der Waals surface area contributed by atoms with Crippen molar-refractivity contribution < 1.29 is 0 Å². The van der Waals surface area contributed by atoms with Gasteiger partial charge in [-0.15, -0.1) is 0 Å². The molecule has 0 saturated heterocycles. The molecule has 1 heteroatoms. The van der Waals surface area contributed by atoms with Crippen LogP contribution in [0, 0.1) is 17.8 Å². The molecule has 25 heavy (non-hydrogen) atoms. The number of allylic oxidation sites excluding steroid dienone is 3. The van der Waals surface area contributed by atoms with Gasteiger partial charge in [-0.2, -0.15) is 0 Å². The van der Waals surface area contributed by atoms with Crippen LogP contribution in [-0.2, 0) is 0 Å². The third-order valence-electron chi connectivity index (χ3n) is 6.39. The Kier molecular flexibility index (Phi) is 7.68. The van der Waals surface area contributed by atoms with Crippen LogP contribution in [0.5, 0.6) is 0 Å². The van der Waals surface area contributed by atoms with E-state index in [4.69, 9.17) is 0 Å². The van der Waals surface area contributed by atoms with Crippen molar-refractivity contribution in [1.82, 2.24) is 0 Å². The average molecular weight is 404 g/mol. The average Bonchev–Trinajstić information content (AvgIpc) is 3.12. The molecular weight excluding hydrogens is 367 g/mol. The van der Waals surface area contributed by atoms with Gasteiger partial charge in [-0.25, -0.2) is 0 Å². The van der Waals surface area contributed by atoms with Gasteiger partial charge in [0.1, 0.15) is 0 Å². The van der Waals surface area contributed by atoms with Gasteiger partial charge in [0.25, 0.3) is 0 Å². The van der Waals surface area contributed by atoms with E-state index in [9.17, 15) is 0 Å². The molecule has 0 aromatic carbocycles. The van der Waals surface area contributed by atoms with Crippen LogP contribution in [0.25, 0.3) is 11.6 Å². The Morgan fingerprint density at radius 1 is 1.00 bits per heavy atom. The zero-order valence-corrected chi connectivity index (χ0v) is 18.0. The molecule has 0 nitrogen and oxygen atoms in total. The molecule has 1 heterocycles. The SMILES string of the molecule is CCC/C=C/c1ccc(C2=CCC(C3CCC(CCC)CC3)CC2)[se]1. The number of hydrogen-bond donors (Lipinski definition) is 0. The summed E-state index contributed by atoms with van der Waals surface area (Å²) in [6.45, 7) is 4.60. The van der Waals surface area contributed by atoms with E-state index in [0.29, 0.717) is 14.5 Å². The van der Waals surface area contributed by atoms with Crippen LogP contribution in [-0.4, -0.2) is 14.5 Å². The molecule has 2 aliphatic carbocycles. The Labute approximate surface area is 161 Å². The molecule has 0 aliphatic heterocycles. The summed E-state index contributed by atoms with van der Waals surface area (Å²) in [7, 11) is 0. The van der Waals surface area contributed by atoms with Gasteiger partial charge in [-0.3, -0.25) is 0 Å². The molecule has 1 saturated carbocycles. The van der Waals surface area contributed by atoms with Crippen LogP contribution in [0.4, 0.5) is 0 Å². The van der Waals surface area contributed by atoms with Crippen molar-refractivity contribution in [2.75, 3.05) is 0 Å². The van der Waals surface area contributed by atoms with Crippen LogP contribution in [0.15, 0.2) is 24.3 Å². The second kappa shape index (κ2) is 9.98. The third kappa shape index (κ3) is 5.48. The summed E-state index contributed by atoms with van der Waals surface area (Å²) in [4.78, 5) is 0. The zero-order chi connectivity index (χ0) is 17.5. The second-order valence-corrected chi connectivity index (χ2v) is 10.6. The quantitative estimate of drug-likeness (QED) is 0.418. The summed E-state index contributed by atoms with van der Waals surface area (Å²) in [6.07, 6.45) is 22.9. The fourth-order valence-electron chi connectivity index (χ4n) is 4.84. The summed E-state index contributed by atoms with van der Waals surface area (Å²) >= 11 is 0.557. The van der Waals surface area contributed by atoms with E-state index >= 15 is 0 Å². The molecular formula is C24H36Se. The standard InChI is InChI=1S/C24H36Se/c1-3-5-6-8-23-17-18-24(25-23)22-15-13-21(14-16-22)20-11-9-19(7-4-2)10-12-20/h6,8,15,17-21H,3-5,7,9-14,16H2,1-2H3/b8-6+. The first kappa shape index (κ1) is 19.2. The van der Waals surface area contributed by atoms with Crippen molar-refractivity contribution in [1.29, 1.82) is 0 Å². The maximum absolute atomic E-state index is 2.62. The zero-order valence-electron chi connectivity index (χ0n) is 16.3. The van der Waals surface area contributed by atoms with Gasteiger partial charge in [0.2, 0.25) is 0 Å². The van der Waals surface area contributed by atoms with Gasteiger partial charge in [-0.05, 0) is 0 Å². The Hall–Kier alpha value is -0.521. The molecule has 3 rings (SSSR count). The first-order valence-electron chi connectivity index (χ1n) is 10.8. The van der Waals surface area contributed by atoms with Crippen molar-refractivity contribution in [2.24, 2.45) is 17.8 Å². The monoisotopic (exact) mass is 404 g/mol. The maximum atomic E-state index is 2.62. The molecule has 1 unspecified atom stereocenters. The van der Waals surface area contributed by atoms with E-state index in [2.05, 4.69) is 44.2 Å². The van der Waals surface area contributed by atoms with Crippen LogP contribution in [0.2, 0.25) is 0 Å². The number of rotatable bonds is 7. The van der Waals surface area contributed by atoms with Crippen molar-refractivity contribution in [3.8, 4) is 0 Å². The summed E-state index contributed by atoms with van der Waals surface area (Å²) in [6, 6.07) is 4.77. The Morgan fingerprint density at radius 3 is 2.52 bits per heavy atom. The van der Waals surface area contributed by atoms with Gasteiger partial charge in [0.05, 0.1) is 0 Å². The van der Waals surface area contributed by atoms with Crippen molar-refractivity contribution in [3.63, 3.8) is 0 Å². The van der Waals surface area contributed by atoms with Crippen LogP contribution >= 0.6 is 0 Å². The van der Waals surface area contributed by atoms with Crippen LogP contribution < -0.4 is 0 Å². The Morgan fingerprint density at radius 2 is 1.84 bits per heavy atom. The minimum absolute atomic E-state index is 0.557. The number of hydrogen-bond acceptors (Lipinski definition) is 0. The van der Waals surface area contributed by atoms with Gasteiger partial charge in [-0.1, -0.05) is 0 Å². The van der Waals surface area contributed by atoms with E-state index in [0.717, 1.165) is 17.8 Å². The predicted octanol–water partition coefficient (Wildman–Crippen LogP) is 7.35. The van der Waals surface area contributed by atoms with Gasteiger partial charge >= 0.3 is 162 Å². The van der Waals surface area contributed by atoms with E-state index in [1.165, 1.54) is 70.6 Å². The van der Waals surface area contributed by atoms with E-state index in [1.54, 1.807) is 14.4 Å². The van der Waals surface area contributed by atoms with Crippen molar-refractivity contribution in [3.05, 3.63) is 33.2 Å². The molecule has 1 atom stereocenters. The fourth-order valence-corrected chi connectivity index (χ4v) is 6.96. The molecule has 1 fully saturated rings. The Bertz CT molecular complexity index is 569. The van der Waals surface area contributed by atoms with Gasteiger partial charge < -0.3 is 0 Å². The summed E-state index contributed by atoms with van der Waals surface area (Å²) in [5.41, 5.74) is 1.69. The molecule has 1 aromatic rings. The first-order chi connectivity index (χ1) is 12.3.